The number of methoxy groups -OCH3 is 2. The number of nitrogens with zero attached hydrogens (tertiary/aromatic N) is 10. The Kier molecular flexibility index (Phi) is 8.07. The predicted octanol–water partition coefficient (Wildman–Crippen LogP) is 4.45. The Bertz CT molecular complexity index is 2210. The van der Waals surface area contributed by atoms with E-state index in [0.717, 1.165) is 54.1 Å². The highest BCUT2D eigenvalue weighted by Crippen LogP contribution is 2.41. The molecule has 9 rings (SSSR count). The number of hydrogen-bond acceptors (Lipinski definition) is 11. The molecule has 0 bridgehead atoms. The molecule has 0 unspecified atom stereocenters. The molecule has 14 nitrogen and oxygen atoms in total. The van der Waals surface area contributed by atoms with Gasteiger partial charge in [0.15, 0.2) is 28.1 Å². The minimum absolute atomic E-state index is 0.169. The Labute approximate surface area is 284 Å². The molecule has 2 aliphatic carbocycles. The van der Waals surface area contributed by atoms with Crippen LogP contribution in [-0.2, 0) is 13.1 Å². The van der Waals surface area contributed by atoms with Gasteiger partial charge in [-0.1, -0.05) is 34.7 Å². The van der Waals surface area contributed by atoms with Crippen molar-refractivity contribution in [3.8, 4) is 11.5 Å². The maximum Gasteiger partial charge on any atom is 0.281 e. The summed E-state index contributed by atoms with van der Waals surface area (Å²) >= 11 is 0. The van der Waals surface area contributed by atoms with Crippen LogP contribution in [0.4, 0.5) is 14.6 Å². The molecule has 50 heavy (non-hydrogen) atoms. The predicted molar refractivity (Wildman–Crippen MR) is 179 cm³/mol. The van der Waals surface area contributed by atoms with Crippen molar-refractivity contribution in [3.63, 3.8) is 0 Å². The maximum atomic E-state index is 13.8. The van der Waals surface area contributed by atoms with E-state index in [4.69, 9.17) is 9.47 Å². The second-order valence-electron chi connectivity index (χ2n) is 13.0. The summed E-state index contributed by atoms with van der Waals surface area (Å²) in [5, 5.41) is 16.5. The molecule has 1 aliphatic heterocycles. The van der Waals surface area contributed by atoms with Gasteiger partial charge in [0, 0.05) is 24.8 Å². The van der Waals surface area contributed by atoms with Crippen LogP contribution in [0.1, 0.15) is 66.7 Å². The van der Waals surface area contributed by atoms with Crippen molar-refractivity contribution in [2.24, 2.45) is 0 Å². The van der Waals surface area contributed by atoms with Gasteiger partial charge >= 0.3 is 0 Å². The molecule has 2 aromatic carbocycles. The van der Waals surface area contributed by atoms with Crippen molar-refractivity contribution in [1.82, 2.24) is 49.9 Å². The lowest BCUT2D eigenvalue weighted by molar-refractivity contribution is 0.0257. The number of anilines is 1. The van der Waals surface area contributed by atoms with Gasteiger partial charge in [0.1, 0.15) is 23.1 Å². The number of rotatable bonds is 9. The standard InChI is InChI=1S/C19H20F2N6O.C15H15N5O2/c1-28-14-6-2-12(3-7-14)10-27-18-15(24-25-27)17(22-16(23-18)13-4-5-13)26-9-8-19(20,21)11-26;1-22-11-6-2-9(3-7-11)8-20-14-12(18-19-20)15(21)17-13(16-14)10-4-5-10/h2-3,6-7,13H,4-5,8-11H2,1H3;2-3,6-7,10H,4-5,8H2,1H3,(H,16,17,21). The number of hydrogen-bond donors (Lipinski definition) is 1. The van der Waals surface area contributed by atoms with Crippen molar-refractivity contribution in [2.75, 3.05) is 32.2 Å². The third-order valence-corrected chi connectivity index (χ3v) is 9.11. The van der Waals surface area contributed by atoms with Crippen LogP contribution in [0.5, 0.6) is 11.5 Å². The molecule has 0 atom stereocenters. The molecule has 0 radical (unpaired) electrons. The van der Waals surface area contributed by atoms with E-state index in [1.54, 1.807) is 28.5 Å². The Morgan fingerprint density at radius 3 is 1.86 bits per heavy atom. The van der Waals surface area contributed by atoms with E-state index >= 15 is 0 Å². The number of halogens is 2. The summed E-state index contributed by atoms with van der Waals surface area (Å²) in [5.74, 6) is 1.49. The zero-order chi connectivity index (χ0) is 34.4. The molecule has 3 fully saturated rings. The van der Waals surface area contributed by atoms with Crippen LogP contribution in [0, 0.1) is 0 Å². The Morgan fingerprint density at radius 1 is 0.780 bits per heavy atom. The van der Waals surface area contributed by atoms with Crippen LogP contribution in [0.2, 0.25) is 0 Å². The minimum atomic E-state index is -2.70. The third kappa shape index (κ3) is 6.56. The van der Waals surface area contributed by atoms with E-state index in [1.807, 2.05) is 48.5 Å². The van der Waals surface area contributed by atoms with Gasteiger partial charge in [-0.3, -0.25) is 4.79 Å². The summed E-state index contributed by atoms with van der Waals surface area (Å²) < 4.78 is 41.3. The highest BCUT2D eigenvalue weighted by molar-refractivity contribution is 5.83. The van der Waals surface area contributed by atoms with Crippen LogP contribution in [0.25, 0.3) is 22.3 Å². The first-order valence-corrected chi connectivity index (χ1v) is 16.6. The molecule has 6 aromatic rings. The van der Waals surface area contributed by atoms with Crippen molar-refractivity contribution < 1.29 is 18.3 Å². The number of aromatic nitrogens is 10. The topological polar surface area (TPSA) is 155 Å². The maximum absolute atomic E-state index is 13.8. The molecule has 258 valence electrons. The zero-order valence-electron chi connectivity index (χ0n) is 27.6. The zero-order valence-corrected chi connectivity index (χ0v) is 27.6. The molecule has 0 amide bonds. The number of fused-ring (bicyclic) bond motifs is 2. The number of H-pyrrole nitrogens is 1. The lowest BCUT2D eigenvalue weighted by Gasteiger charge is -2.18. The van der Waals surface area contributed by atoms with Crippen molar-refractivity contribution >= 4 is 28.1 Å². The number of alkyl halides is 2. The first-order valence-electron chi connectivity index (χ1n) is 16.6. The summed E-state index contributed by atoms with van der Waals surface area (Å²) in [4.78, 5) is 30.3. The molecular weight excluding hydrogens is 648 g/mol. The molecule has 1 saturated heterocycles. The quantitative estimate of drug-likeness (QED) is 0.230. The van der Waals surface area contributed by atoms with Crippen molar-refractivity contribution in [3.05, 3.63) is 81.7 Å². The van der Waals surface area contributed by atoms with Crippen LogP contribution in [0.15, 0.2) is 53.3 Å². The molecule has 16 heteroatoms. The molecule has 4 aromatic heterocycles. The number of benzene rings is 2. The minimum Gasteiger partial charge on any atom is -0.497 e. The second-order valence-corrected chi connectivity index (χ2v) is 13.0. The molecular formula is C34H35F2N11O3. The fourth-order valence-electron chi connectivity index (χ4n) is 5.97. The lowest BCUT2D eigenvalue weighted by atomic mass is 10.2. The van der Waals surface area contributed by atoms with Gasteiger partial charge in [-0.25, -0.2) is 33.1 Å². The Morgan fingerprint density at radius 2 is 1.34 bits per heavy atom. The summed E-state index contributed by atoms with van der Waals surface area (Å²) in [5.41, 5.74) is 3.76. The fraction of sp³-hybridized carbons (Fsp3) is 0.412. The summed E-state index contributed by atoms with van der Waals surface area (Å²) in [6.07, 6.45) is 4.04. The van der Waals surface area contributed by atoms with E-state index in [2.05, 4.69) is 40.6 Å². The number of ether oxygens (including phenoxy) is 2. The Balaban J connectivity index is 0.000000149. The summed E-state index contributed by atoms with van der Waals surface area (Å²) in [7, 11) is 3.26. The molecule has 2 saturated carbocycles. The largest absolute Gasteiger partial charge is 0.497 e. The van der Waals surface area contributed by atoms with E-state index in [-0.39, 0.29) is 30.6 Å². The first-order chi connectivity index (χ1) is 24.3. The van der Waals surface area contributed by atoms with Crippen LogP contribution < -0.4 is 19.9 Å². The van der Waals surface area contributed by atoms with E-state index < -0.39 is 5.92 Å². The fourth-order valence-corrected chi connectivity index (χ4v) is 5.97. The van der Waals surface area contributed by atoms with Gasteiger partial charge < -0.3 is 19.4 Å². The van der Waals surface area contributed by atoms with Gasteiger partial charge in [-0.2, -0.15) is 0 Å². The molecule has 3 aliphatic rings. The average Bonchev–Trinajstić information content (AvgIpc) is 4.05. The SMILES string of the molecule is COc1ccc(Cn2nnc3c(=O)[nH]c(C4CC4)nc32)cc1.COc1ccc(Cn2nnc3c(N4CCC(F)(F)C4)nc(C4CC4)nc32)cc1. The summed E-state index contributed by atoms with van der Waals surface area (Å²) in [6.45, 7) is 0.918. The third-order valence-electron chi connectivity index (χ3n) is 9.11. The molecule has 0 spiro atoms. The number of aromatic amines is 1. The van der Waals surface area contributed by atoms with Crippen molar-refractivity contribution in [1.29, 1.82) is 0 Å². The average molecular weight is 684 g/mol. The van der Waals surface area contributed by atoms with Gasteiger partial charge in [0.05, 0.1) is 33.9 Å². The highest BCUT2D eigenvalue weighted by Gasteiger charge is 2.40. The molecule has 1 N–H and O–H groups in total. The van der Waals surface area contributed by atoms with E-state index in [1.165, 1.54) is 0 Å². The normalized spacial score (nSPS) is 16.8. The van der Waals surface area contributed by atoms with Gasteiger partial charge in [-0.05, 0) is 61.1 Å². The molecule has 5 heterocycles. The smallest absolute Gasteiger partial charge is 0.281 e. The van der Waals surface area contributed by atoms with Gasteiger partial charge in [-0.15, -0.1) is 10.2 Å². The van der Waals surface area contributed by atoms with Gasteiger partial charge in [0.2, 0.25) is 0 Å². The lowest BCUT2D eigenvalue weighted by Crippen LogP contribution is -2.26. The highest BCUT2D eigenvalue weighted by atomic mass is 19.3. The van der Waals surface area contributed by atoms with E-state index in [0.29, 0.717) is 53.4 Å². The van der Waals surface area contributed by atoms with Crippen LogP contribution >= 0.6 is 0 Å². The number of nitrogens with one attached hydrogen (secondary N) is 1. The van der Waals surface area contributed by atoms with E-state index in [9.17, 15) is 13.6 Å². The summed E-state index contributed by atoms with van der Waals surface area (Å²) in [6, 6.07) is 15.4. The second kappa shape index (κ2) is 12.7. The Hall–Kier alpha value is -5.54. The van der Waals surface area contributed by atoms with Crippen LogP contribution in [0.3, 0.4) is 0 Å². The van der Waals surface area contributed by atoms with Crippen molar-refractivity contribution in [2.45, 2.75) is 63.0 Å². The monoisotopic (exact) mass is 683 g/mol. The van der Waals surface area contributed by atoms with Crippen LogP contribution in [-0.4, -0.2) is 83.2 Å². The first kappa shape index (κ1) is 31.7. The van der Waals surface area contributed by atoms with Gasteiger partial charge in [0.25, 0.3) is 11.5 Å².